The molecule has 0 atom stereocenters. The van der Waals surface area contributed by atoms with Gasteiger partial charge in [-0.1, -0.05) is 86.5 Å². The van der Waals surface area contributed by atoms with E-state index in [1.807, 2.05) is 0 Å². The number of halogens is 2. The van der Waals surface area contributed by atoms with Crippen LogP contribution in [0.2, 0.25) is 0 Å². The van der Waals surface area contributed by atoms with E-state index < -0.39 is 0 Å². The quantitative estimate of drug-likeness (QED) is 0.212. The first-order valence-electron chi connectivity index (χ1n) is 9.86. The predicted molar refractivity (Wildman–Crippen MR) is 131 cm³/mol. The van der Waals surface area contributed by atoms with Crippen LogP contribution < -0.4 is 4.74 Å². The minimum atomic E-state index is 0.0842. The Hall–Kier alpha value is -2.62. The average molecular weight is 516 g/mol. The lowest BCUT2D eigenvalue weighted by atomic mass is 9.78. The zero-order chi connectivity index (χ0) is 20.2. The van der Waals surface area contributed by atoms with Gasteiger partial charge in [0.25, 0.3) is 0 Å². The van der Waals surface area contributed by atoms with E-state index in [9.17, 15) is 0 Å². The van der Waals surface area contributed by atoms with Gasteiger partial charge in [0.05, 0.1) is 0 Å². The first-order chi connectivity index (χ1) is 14.7. The normalized spacial score (nSPS) is 13.1. The Kier molecular flexibility index (Phi) is 4.22. The summed E-state index contributed by atoms with van der Waals surface area (Å²) in [6.07, 6.45) is 0. The number of rotatable bonds is 1. The van der Waals surface area contributed by atoms with E-state index in [0.29, 0.717) is 0 Å². The third-order valence-corrected chi connectivity index (χ3v) is 6.89. The molecule has 0 aliphatic carbocycles. The Morgan fingerprint density at radius 3 is 1.60 bits per heavy atom. The highest BCUT2D eigenvalue weighted by Gasteiger charge is 2.32. The maximum atomic E-state index is 6.49. The van der Waals surface area contributed by atoms with Gasteiger partial charge in [0, 0.05) is 26.0 Å². The van der Waals surface area contributed by atoms with Crippen LogP contribution in [-0.4, -0.2) is 0 Å². The Balaban J connectivity index is 1.77. The van der Waals surface area contributed by atoms with Crippen LogP contribution in [0.3, 0.4) is 0 Å². The molecule has 5 aromatic rings. The number of ether oxygens (including phenoxy) is 1. The van der Waals surface area contributed by atoms with E-state index >= 15 is 0 Å². The predicted octanol–water partition coefficient (Wildman–Crippen LogP) is 8.80. The lowest BCUT2D eigenvalue weighted by molar-refractivity contribution is 0.456. The molecule has 3 heteroatoms. The molecule has 0 bridgehead atoms. The van der Waals surface area contributed by atoms with Crippen LogP contribution in [0.4, 0.5) is 0 Å². The standard InChI is InChI=1S/C27H16Br2O/c28-19-10-6-16-8-12-23-26(21(16)14-19)25(18-4-2-1-3-5-18)27-22-15-20(29)11-7-17(22)9-13-24(27)30-23/h1-15,25H. The van der Waals surface area contributed by atoms with Crippen molar-refractivity contribution in [3.63, 3.8) is 0 Å². The van der Waals surface area contributed by atoms with E-state index in [2.05, 4.69) is 123 Å². The molecule has 30 heavy (non-hydrogen) atoms. The molecule has 0 saturated carbocycles. The molecule has 5 aromatic carbocycles. The number of benzene rings is 5. The summed E-state index contributed by atoms with van der Waals surface area (Å²) < 4.78 is 8.64. The fraction of sp³-hybridized carbons (Fsp3) is 0.0370. The van der Waals surface area contributed by atoms with Crippen LogP contribution in [0.15, 0.2) is 99.9 Å². The van der Waals surface area contributed by atoms with E-state index in [-0.39, 0.29) is 5.92 Å². The topological polar surface area (TPSA) is 9.23 Å². The lowest BCUT2D eigenvalue weighted by Crippen LogP contribution is -2.13. The van der Waals surface area contributed by atoms with Gasteiger partial charge in [0.2, 0.25) is 0 Å². The zero-order valence-corrected chi connectivity index (χ0v) is 19.1. The summed E-state index contributed by atoms with van der Waals surface area (Å²) in [5, 5.41) is 4.86. The van der Waals surface area contributed by atoms with Gasteiger partial charge in [-0.2, -0.15) is 0 Å². The van der Waals surface area contributed by atoms with Gasteiger partial charge in [-0.3, -0.25) is 0 Å². The number of fused-ring (bicyclic) bond motifs is 6. The SMILES string of the molecule is Brc1ccc2ccc3c(c2c1)C(c1ccccc1)c1c(ccc2ccc(Br)cc12)O3. The fourth-order valence-electron chi connectivity index (χ4n) is 4.61. The molecule has 144 valence electrons. The molecule has 0 saturated heterocycles. The van der Waals surface area contributed by atoms with Crippen molar-refractivity contribution in [3.8, 4) is 11.5 Å². The van der Waals surface area contributed by atoms with Gasteiger partial charge in [-0.15, -0.1) is 0 Å². The molecule has 0 spiro atoms. The highest BCUT2D eigenvalue weighted by Crippen LogP contribution is 2.52. The average Bonchev–Trinajstić information content (AvgIpc) is 2.77. The van der Waals surface area contributed by atoms with Crippen molar-refractivity contribution in [2.45, 2.75) is 5.92 Å². The Morgan fingerprint density at radius 1 is 0.567 bits per heavy atom. The molecular formula is C27H16Br2O. The second-order valence-electron chi connectivity index (χ2n) is 7.63. The summed E-state index contributed by atoms with van der Waals surface area (Å²) in [5.74, 6) is 1.94. The Bertz CT molecular complexity index is 1350. The third kappa shape index (κ3) is 2.80. The first kappa shape index (κ1) is 18.2. The maximum absolute atomic E-state index is 6.49. The van der Waals surface area contributed by atoms with Crippen LogP contribution in [0.1, 0.15) is 22.6 Å². The molecule has 1 aliphatic heterocycles. The molecule has 0 radical (unpaired) electrons. The minimum absolute atomic E-state index is 0.0842. The summed E-state index contributed by atoms with van der Waals surface area (Å²) >= 11 is 7.34. The minimum Gasteiger partial charge on any atom is -0.457 e. The lowest BCUT2D eigenvalue weighted by Gasteiger charge is -2.31. The van der Waals surface area contributed by atoms with E-state index in [1.165, 1.54) is 38.2 Å². The van der Waals surface area contributed by atoms with Gasteiger partial charge in [0.1, 0.15) is 11.5 Å². The molecule has 0 aromatic heterocycles. The zero-order valence-electron chi connectivity index (χ0n) is 15.9. The van der Waals surface area contributed by atoms with Crippen molar-refractivity contribution in [2.75, 3.05) is 0 Å². The highest BCUT2D eigenvalue weighted by atomic mass is 79.9. The van der Waals surface area contributed by atoms with Gasteiger partial charge in [0.15, 0.2) is 0 Å². The van der Waals surface area contributed by atoms with Crippen molar-refractivity contribution in [3.05, 3.63) is 117 Å². The summed E-state index contributed by atoms with van der Waals surface area (Å²) in [6, 6.07) is 32.2. The Morgan fingerprint density at radius 2 is 1.07 bits per heavy atom. The van der Waals surface area contributed by atoms with Crippen molar-refractivity contribution in [2.24, 2.45) is 0 Å². The van der Waals surface area contributed by atoms with Crippen LogP contribution in [-0.2, 0) is 0 Å². The van der Waals surface area contributed by atoms with Crippen LogP contribution in [0.25, 0.3) is 21.5 Å². The van der Waals surface area contributed by atoms with E-state index in [4.69, 9.17) is 4.74 Å². The van der Waals surface area contributed by atoms with Crippen molar-refractivity contribution in [1.29, 1.82) is 0 Å². The summed E-state index contributed by atoms with van der Waals surface area (Å²) in [7, 11) is 0. The highest BCUT2D eigenvalue weighted by molar-refractivity contribution is 9.10. The second kappa shape index (κ2) is 6.97. The first-order valence-corrected chi connectivity index (χ1v) is 11.4. The molecule has 1 heterocycles. The van der Waals surface area contributed by atoms with Crippen LogP contribution in [0, 0.1) is 0 Å². The second-order valence-corrected chi connectivity index (χ2v) is 9.46. The number of hydrogen-bond donors (Lipinski definition) is 0. The largest absolute Gasteiger partial charge is 0.457 e. The van der Waals surface area contributed by atoms with Crippen molar-refractivity contribution in [1.82, 2.24) is 0 Å². The monoisotopic (exact) mass is 514 g/mol. The molecule has 0 amide bonds. The van der Waals surface area contributed by atoms with Gasteiger partial charge in [-0.05, 0) is 63.5 Å². The van der Waals surface area contributed by atoms with Crippen molar-refractivity contribution >= 4 is 53.4 Å². The number of hydrogen-bond acceptors (Lipinski definition) is 1. The maximum Gasteiger partial charge on any atom is 0.132 e. The van der Waals surface area contributed by atoms with Gasteiger partial charge in [-0.25, -0.2) is 0 Å². The third-order valence-electron chi connectivity index (χ3n) is 5.90. The fourth-order valence-corrected chi connectivity index (χ4v) is 5.33. The van der Waals surface area contributed by atoms with Gasteiger partial charge >= 0.3 is 0 Å². The van der Waals surface area contributed by atoms with E-state index in [1.54, 1.807) is 0 Å². The summed E-state index contributed by atoms with van der Waals surface area (Å²) in [5.41, 5.74) is 3.71. The molecule has 6 rings (SSSR count). The van der Waals surface area contributed by atoms with Gasteiger partial charge < -0.3 is 4.74 Å². The Labute approximate surface area is 191 Å². The molecule has 0 fully saturated rings. The molecule has 0 N–H and O–H groups in total. The smallest absolute Gasteiger partial charge is 0.132 e. The summed E-state index contributed by atoms with van der Waals surface area (Å²) in [6.45, 7) is 0. The van der Waals surface area contributed by atoms with Crippen LogP contribution >= 0.6 is 31.9 Å². The molecule has 0 unspecified atom stereocenters. The van der Waals surface area contributed by atoms with E-state index in [0.717, 1.165) is 20.4 Å². The molecule has 1 aliphatic rings. The van der Waals surface area contributed by atoms with Crippen LogP contribution in [0.5, 0.6) is 11.5 Å². The van der Waals surface area contributed by atoms with Crippen molar-refractivity contribution < 1.29 is 4.74 Å². The molecule has 1 nitrogen and oxygen atoms in total. The summed E-state index contributed by atoms with van der Waals surface area (Å²) in [4.78, 5) is 0. The molecular weight excluding hydrogens is 500 g/mol.